The second kappa shape index (κ2) is 15.1. The van der Waals surface area contributed by atoms with Crippen LogP contribution in [0.15, 0.2) is 12.2 Å². The highest BCUT2D eigenvalue weighted by Gasteiger charge is 2.55. The molecule has 0 amide bonds. The van der Waals surface area contributed by atoms with Gasteiger partial charge in [0.25, 0.3) is 0 Å². The van der Waals surface area contributed by atoms with E-state index in [1.165, 1.54) is 19.8 Å². The van der Waals surface area contributed by atoms with Crippen molar-refractivity contribution in [1.82, 2.24) is 0 Å². The molecule has 0 aromatic rings. The summed E-state index contributed by atoms with van der Waals surface area (Å²) >= 11 is 0. The Kier molecular flexibility index (Phi) is 14.1. The average molecular weight is 425 g/mol. The second-order valence-corrected chi connectivity index (χ2v) is 8.24. The second-order valence-electron chi connectivity index (χ2n) is 8.24. The molecule has 0 aliphatic carbocycles. The molecule has 0 spiro atoms. The third-order valence-electron chi connectivity index (χ3n) is 5.79. The van der Waals surface area contributed by atoms with E-state index in [0.29, 0.717) is 12.8 Å². The molecule has 172 valence electrons. The van der Waals surface area contributed by atoms with Crippen molar-refractivity contribution in [2.75, 3.05) is 0 Å². The molecule has 0 saturated heterocycles. The summed E-state index contributed by atoms with van der Waals surface area (Å²) in [4.78, 5) is 48.0. The number of hydrogen-bond acceptors (Lipinski definition) is 5. The van der Waals surface area contributed by atoms with E-state index < -0.39 is 34.7 Å². The smallest absolute Gasteiger partial charge is 0.325 e. The zero-order chi connectivity index (χ0) is 23.2. The monoisotopic (exact) mass is 424 g/mol. The summed E-state index contributed by atoms with van der Waals surface area (Å²) in [7, 11) is 0. The molecule has 6 nitrogen and oxygen atoms in total. The van der Waals surface area contributed by atoms with Gasteiger partial charge in [-0.25, -0.2) is 0 Å². The number of allylic oxidation sites excluding steroid dienone is 1. The van der Waals surface area contributed by atoms with Gasteiger partial charge in [0.1, 0.15) is 5.78 Å². The Labute approximate surface area is 181 Å². The van der Waals surface area contributed by atoms with E-state index in [0.717, 1.165) is 52.4 Å². The van der Waals surface area contributed by atoms with Crippen LogP contribution in [0.5, 0.6) is 0 Å². The first-order valence-corrected chi connectivity index (χ1v) is 11.2. The number of rotatable bonds is 18. The molecule has 0 aliphatic rings. The lowest BCUT2D eigenvalue weighted by atomic mass is 9.66. The topological polar surface area (TPSA) is 109 Å². The van der Waals surface area contributed by atoms with E-state index in [1.54, 1.807) is 0 Å². The summed E-state index contributed by atoms with van der Waals surface area (Å²) < 4.78 is 0. The third-order valence-corrected chi connectivity index (χ3v) is 5.79. The molecule has 0 aliphatic heterocycles. The van der Waals surface area contributed by atoms with Crippen LogP contribution in [0.2, 0.25) is 0 Å². The molecule has 30 heavy (non-hydrogen) atoms. The molecule has 2 N–H and O–H groups in total. The Morgan fingerprint density at radius 1 is 0.833 bits per heavy atom. The summed E-state index contributed by atoms with van der Waals surface area (Å²) in [6, 6.07) is 0. The average Bonchev–Trinajstić information content (AvgIpc) is 2.65. The minimum Gasteiger partial charge on any atom is -0.480 e. The van der Waals surface area contributed by atoms with E-state index in [-0.39, 0.29) is 12.5 Å². The lowest BCUT2D eigenvalue weighted by Gasteiger charge is -2.31. The fourth-order valence-electron chi connectivity index (χ4n) is 4.00. The van der Waals surface area contributed by atoms with Gasteiger partial charge in [-0.05, 0) is 52.9 Å². The van der Waals surface area contributed by atoms with Crippen LogP contribution >= 0.6 is 0 Å². The molecule has 0 saturated carbocycles. The molecule has 0 radical (unpaired) electrons. The van der Waals surface area contributed by atoms with Gasteiger partial charge in [-0.15, -0.1) is 0 Å². The summed E-state index contributed by atoms with van der Waals surface area (Å²) in [5.74, 6) is -4.71. The quantitative estimate of drug-likeness (QED) is 0.188. The van der Waals surface area contributed by atoms with Gasteiger partial charge in [0.05, 0.1) is 6.10 Å². The van der Waals surface area contributed by atoms with Crippen molar-refractivity contribution in [3.8, 4) is 0 Å². The van der Waals surface area contributed by atoms with Crippen LogP contribution in [-0.4, -0.2) is 39.6 Å². The predicted molar refractivity (Wildman–Crippen MR) is 117 cm³/mol. The maximum Gasteiger partial charge on any atom is 0.325 e. The van der Waals surface area contributed by atoms with E-state index >= 15 is 0 Å². The van der Waals surface area contributed by atoms with E-state index in [4.69, 9.17) is 0 Å². The Balaban J connectivity index is 4.45. The first kappa shape index (κ1) is 28.2. The van der Waals surface area contributed by atoms with Crippen molar-refractivity contribution < 1.29 is 29.4 Å². The standard InChI is InChI=1S/C24H40O6/c1-5-6-7-12-15-21(28)16-13-10-8-9-11-14-17-22(18(2)25)24(19(3)26,20(4)27)23(29)30/h10,13,21-22,28H,5-9,11-12,14-17H2,1-4H3,(H,29,30)/b13-10-/t21-,22?/m1/s1. The molecular weight excluding hydrogens is 384 g/mol. The van der Waals surface area contributed by atoms with Crippen LogP contribution < -0.4 is 0 Å². The van der Waals surface area contributed by atoms with Crippen molar-refractivity contribution in [1.29, 1.82) is 0 Å². The highest BCUT2D eigenvalue weighted by atomic mass is 16.4. The first-order valence-electron chi connectivity index (χ1n) is 11.2. The normalized spacial score (nSPS) is 13.9. The van der Waals surface area contributed by atoms with Gasteiger partial charge in [0.15, 0.2) is 17.0 Å². The summed E-state index contributed by atoms with van der Waals surface area (Å²) in [6.07, 6.45) is 13.0. The van der Waals surface area contributed by atoms with Crippen molar-refractivity contribution in [2.24, 2.45) is 11.3 Å². The van der Waals surface area contributed by atoms with Gasteiger partial charge in [-0.3, -0.25) is 19.2 Å². The molecule has 0 fully saturated rings. The molecular formula is C24H40O6. The minimum atomic E-state index is -2.28. The third kappa shape index (κ3) is 8.90. The fourth-order valence-corrected chi connectivity index (χ4v) is 4.00. The van der Waals surface area contributed by atoms with Crippen LogP contribution in [0.3, 0.4) is 0 Å². The number of carboxylic acids is 1. The summed E-state index contributed by atoms with van der Waals surface area (Å²) in [5.41, 5.74) is -2.28. The number of unbranched alkanes of at least 4 members (excludes halogenated alkanes) is 6. The van der Waals surface area contributed by atoms with E-state index in [2.05, 4.69) is 6.92 Å². The van der Waals surface area contributed by atoms with E-state index in [9.17, 15) is 29.4 Å². The van der Waals surface area contributed by atoms with Crippen LogP contribution in [-0.2, 0) is 19.2 Å². The van der Waals surface area contributed by atoms with Crippen LogP contribution in [0, 0.1) is 11.3 Å². The maximum atomic E-state index is 12.1. The number of carbonyl (C=O) groups is 4. The number of Topliss-reactive ketones (excluding diaryl/α,β-unsaturated/α-hetero) is 3. The van der Waals surface area contributed by atoms with Crippen molar-refractivity contribution in [3.63, 3.8) is 0 Å². The molecule has 0 aromatic heterocycles. The molecule has 2 atom stereocenters. The van der Waals surface area contributed by atoms with Crippen LogP contribution in [0.25, 0.3) is 0 Å². The number of aliphatic hydroxyl groups excluding tert-OH is 1. The lowest BCUT2D eigenvalue weighted by Crippen LogP contribution is -2.52. The zero-order valence-electron chi connectivity index (χ0n) is 19.1. The lowest BCUT2D eigenvalue weighted by molar-refractivity contribution is -0.165. The highest BCUT2D eigenvalue weighted by molar-refractivity contribution is 6.23. The number of aliphatic hydroxyl groups is 1. The summed E-state index contributed by atoms with van der Waals surface area (Å²) in [6.45, 7) is 5.53. The van der Waals surface area contributed by atoms with Gasteiger partial charge in [-0.1, -0.05) is 57.6 Å². The minimum absolute atomic E-state index is 0.195. The molecule has 0 rings (SSSR count). The number of aliphatic carboxylic acids is 1. The SMILES string of the molecule is CCCCCC[C@@H](O)C/C=C\CCCCCC(C(C)=O)C(C(C)=O)(C(C)=O)C(=O)O. The fraction of sp³-hybridized carbons (Fsp3) is 0.750. The van der Waals surface area contributed by atoms with Crippen molar-refractivity contribution >= 4 is 23.3 Å². The van der Waals surface area contributed by atoms with Gasteiger partial charge in [0.2, 0.25) is 0 Å². The molecule has 1 unspecified atom stereocenters. The van der Waals surface area contributed by atoms with Crippen LogP contribution in [0.4, 0.5) is 0 Å². The molecule has 0 bridgehead atoms. The molecule has 0 heterocycles. The number of hydrogen-bond donors (Lipinski definition) is 2. The molecule has 0 aromatic carbocycles. The number of ketones is 3. The van der Waals surface area contributed by atoms with Crippen LogP contribution in [0.1, 0.15) is 98.3 Å². The van der Waals surface area contributed by atoms with Crippen molar-refractivity contribution in [2.45, 2.75) is 104 Å². The van der Waals surface area contributed by atoms with Gasteiger partial charge < -0.3 is 10.2 Å². The van der Waals surface area contributed by atoms with E-state index in [1.807, 2.05) is 12.2 Å². The number of carbonyl (C=O) groups excluding carboxylic acids is 3. The Morgan fingerprint density at radius 2 is 1.40 bits per heavy atom. The highest BCUT2D eigenvalue weighted by Crippen LogP contribution is 2.35. The Bertz CT molecular complexity index is 556. The summed E-state index contributed by atoms with van der Waals surface area (Å²) in [5, 5.41) is 19.5. The maximum absolute atomic E-state index is 12.1. The Hall–Kier alpha value is -1.82. The van der Waals surface area contributed by atoms with Gasteiger partial charge in [0, 0.05) is 5.92 Å². The van der Waals surface area contributed by atoms with Crippen molar-refractivity contribution in [3.05, 3.63) is 12.2 Å². The number of carboxylic acid groups (broad SMARTS) is 1. The largest absolute Gasteiger partial charge is 0.480 e. The predicted octanol–water partition coefficient (Wildman–Crippen LogP) is 4.67. The van der Waals surface area contributed by atoms with Gasteiger partial charge in [-0.2, -0.15) is 0 Å². The Morgan fingerprint density at radius 3 is 1.90 bits per heavy atom. The van der Waals surface area contributed by atoms with Gasteiger partial charge >= 0.3 is 5.97 Å². The zero-order valence-corrected chi connectivity index (χ0v) is 19.1. The first-order chi connectivity index (χ1) is 14.1. The molecule has 6 heteroatoms.